The van der Waals surface area contributed by atoms with Crippen LogP contribution in [-0.4, -0.2) is 25.0 Å². The van der Waals surface area contributed by atoms with Gasteiger partial charge in [0.15, 0.2) is 5.65 Å². The molecule has 1 aliphatic carbocycles. The van der Waals surface area contributed by atoms with Gasteiger partial charge in [0.05, 0.1) is 17.9 Å². The second kappa shape index (κ2) is 5.25. The topological polar surface area (TPSA) is 59.4 Å². The first-order valence-corrected chi connectivity index (χ1v) is 9.38. The summed E-state index contributed by atoms with van der Waals surface area (Å²) in [5.74, 6) is 0.311. The zero-order chi connectivity index (χ0) is 18.1. The molecule has 5 nitrogen and oxygen atoms in total. The average Bonchev–Trinajstić information content (AvgIpc) is 3.42. The van der Waals surface area contributed by atoms with Crippen LogP contribution in [0.25, 0.3) is 33.4 Å². The van der Waals surface area contributed by atoms with E-state index in [-0.39, 0.29) is 5.82 Å². The molecule has 0 spiro atoms. The van der Waals surface area contributed by atoms with Gasteiger partial charge in [-0.05, 0) is 56.5 Å². The molecule has 0 radical (unpaired) electrons. The van der Waals surface area contributed by atoms with Crippen LogP contribution in [0.4, 0.5) is 4.39 Å². The molecule has 0 amide bonds. The number of hydrogen-bond donors (Lipinski definition) is 1. The summed E-state index contributed by atoms with van der Waals surface area (Å²) in [6, 6.07) is 9.25. The van der Waals surface area contributed by atoms with E-state index in [1.807, 2.05) is 25.3 Å². The van der Waals surface area contributed by atoms with Crippen LogP contribution in [0.15, 0.2) is 36.5 Å². The largest absolute Gasteiger partial charge is 0.265 e. The molecule has 4 heterocycles. The number of pyridine rings is 1. The average molecular weight is 359 g/mol. The van der Waals surface area contributed by atoms with Crippen LogP contribution in [0, 0.1) is 12.7 Å². The van der Waals surface area contributed by atoms with E-state index in [0.717, 1.165) is 39.1 Å². The van der Waals surface area contributed by atoms with Crippen molar-refractivity contribution in [2.24, 2.45) is 0 Å². The number of rotatable bonds is 2. The molecule has 1 N–H and O–H groups in total. The van der Waals surface area contributed by atoms with Crippen LogP contribution in [0.1, 0.15) is 42.6 Å². The summed E-state index contributed by atoms with van der Waals surface area (Å²) in [6.07, 6.45) is 5.42. The van der Waals surface area contributed by atoms with Gasteiger partial charge in [0.2, 0.25) is 0 Å². The van der Waals surface area contributed by atoms with Gasteiger partial charge in [0.25, 0.3) is 0 Å². The number of H-pyrrole nitrogens is 1. The van der Waals surface area contributed by atoms with Crippen molar-refractivity contribution in [1.82, 2.24) is 25.0 Å². The first-order chi connectivity index (χ1) is 13.2. The number of aromatic nitrogens is 5. The number of aryl methyl sites for hydroxylation is 1. The fraction of sp³-hybridized carbons (Fsp3) is 0.286. The van der Waals surface area contributed by atoms with Gasteiger partial charge in [0, 0.05) is 33.7 Å². The lowest BCUT2D eigenvalue weighted by Gasteiger charge is -2.15. The Bertz CT molecular complexity index is 1190. The Morgan fingerprint density at radius 1 is 1.19 bits per heavy atom. The predicted molar refractivity (Wildman–Crippen MR) is 101 cm³/mol. The molecule has 1 aliphatic heterocycles. The molecule has 1 saturated carbocycles. The van der Waals surface area contributed by atoms with Crippen LogP contribution in [0.5, 0.6) is 0 Å². The Hall–Kier alpha value is -3.02. The SMILES string of the molecule is Cc1cc(-c2c(-c3ccc(F)cc3)nn3c2[C@H]2CCC3C2)c2cn[nH]c2n1. The summed E-state index contributed by atoms with van der Waals surface area (Å²) in [4.78, 5) is 4.57. The Morgan fingerprint density at radius 2 is 2.04 bits per heavy atom. The Labute approximate surface area is 155 Å². The predicted octanol–water partition coefficient (Wildman–Crippen LogP) is 4.76. The van der Waals surface area contributed by atoms with Crippen LogP contribution < -0.4 is 0 Å². The molecule has 134 valence electrons. The van der Waals surface area contributed by atoms with Crippen LogP contribution >= 0.6 is 0 Å². The molecule has 0 saturated heterocycles. The third-order valence-electron chi connectivity index (χ3n) is 6.02. The van der Waals surface area contributed by atoms with E-state index in [0.29, 0.717) is 12.0 Å². The maximum atomic E-state index is 13.5. The highest BCUT2D eigenvalue weighted by Gasteiger charge is 2.41. The third-order valence-corrected chi connectivity index (χ3v) is 6.02. The van der Waals surface area contributed by atoms with Crippen molar-refractivity contribution in [2.45, 2.75) is 38.1 Å². The molecule has 27 heavy (non-hydrogen) atoms. The van der Waals surface area contributed by atoms with Crippen molar-refractivity contribution in [3.63, 3.8) is 0 Å². The fourth-order valence-corrected chi connectivity index (χ4v) is 4.88. The standard InChI is InChI=1S/C21H18FN5/c1-11-8-16(17-10-23-25-21(17)24-11)18-19(12-2-5-14(22)6-3-12)26-27-15-7-4-13(9-15)20(18)27/h2-3,5-6,8,10,13,15H,4,7,9H2,1H3,(H,23,24,25)/t13-,15?/m0/s1. The van der Waals surface area contributed by atoms with Gasteiger partial charge < -0.3 is 0 Å². The van der Waals surface area contributed by atoms with Crippen LogP contribution in [0.2, 0.25) is 0 Å². The number of aromatic amines is 1. The van der Waals surface area contributed by atoms with Crippen LogP contribution in [-0.2, 0) is 0 Å². The van der Waals surface area contributed by atoms with Gasteiger partial charge in [-0.2, -0.15) is 10.2 Å². The Balaban J connectivity index is 1.69. The van der Waals surface area contributed by atoms with E-state index in [9.17, 15) is 4.39 Å². The quantitative estimate of drug-likeness (QED) is 0.561. The van der Waals surface area contributed by atoms with Gasteiger partial charge >= 0.3 is 0 Å². The summed E-state index contributed by atoms with van der Waals surface area (Å²) in [5.41, 5.74) is 7.19. The normalized spacial score (nSPS) is 20.5. The number of nitrogens with zero attached hydrogens (tertiary/aromatic N) is 4. The minimum absolute atomic E-state index is 0.232. The first kappa shape index (κ1) is 15.1. The monoisotopic (exact) mass is 359 g/mol. The van der Waals surface area contributed by atoms with Crippen molar-refractivity contribution in [2.75, 3.05) is 0 Å². The lowest BCUT2D eigenvalue weighted by Crippen LogP contribution is -2.07. The summed E-state index contributed by atoms with van der Waals surface area (Å²) in [6.45, 7) is 2.00. The summed E-state index contributed by atoms with van der Waals surface area (Å²) < 4.78 is 15.7. The van der Waals surface area contributed by atoms with E-state index in [4.69, 9.17) is 5.10 Å². The van der Waals surface area contributed by atoms with Crippen molar-refractivity contribution in [3.05, 3.63) is 53.7 Å². The van der Waals surface area contributed by atoms with Crippen LogP contribution in [0.3, 0.4) is 0 Å². The van der Waals surface area contributed by atoms with E-state index < -0.39 is 0 Å². The van der Waals surface area contributed by atoms with Gasteiger partial charge in [-0.15, -0.1) is 0 Å². The maximum Gasteiger partial charge on any atom is 0.155 e. The zero-order valence-corrected chi connectivity index (χ0v) is 14.9. The Morgan fingerprint density at radius 3 is 2.89 bits per heavy atom. The molecule has 2 bridgehead atoms. The molecule has 1 unspecified atom stereocenters. The van der Waals surface area contributed by atoms with E-state index in [2.05, 4.69) is 25.9 Å². The molecule has 4 aromatic rings. The highest BCUT2D eigenvalue weighted by molar-refractivity contribution is 5.98. The maximum absolute atomic E-state index is 13.5. The van der Waals surface area contributed by atoms with Gasteiger partial charge in [-0.25, -0.2) is 9.37 Å². The molecule has 1 aromatic carbocycles. The fourth-order valence-electron chi connectivity index (χ4n) is 4.88. The van der Waals surface area contributed by atoms with Crippen molar-refractivity contribution in [1.29, 1.82) is 0 Å². The smallest absolute Gasteiger partial charge is 0.155 e. The van der Waals surface area contributed by atoms with Crippen molar-refractivity contribution in [3.8, 4) is 22.4 Å². The van der Waals surface area contributed by atoms with E-state index >= 15 is 0 Å². The van der Waals surface area contributed by atoms with E-state index in [1.54, 1.807) is 0 Å². The molecular formula is C21H18FN5. The highest BCUT2D eigenvalue weighted by atomic mass is 19.1. The number of benzene rings is 1. The Kier molecular flexibility index (Phi) is 2.93. The zero-order valence-electron chi connectivity index (χ0n) is 14.9. The third kappa shape index (κ3) is 2.07. The van der Waals surface area contributed by atoms with Gasteiger partial charge in [0.1, 0.15) is 11.5 Å². The lowest BCUT2D eigenvalue weighted by atomic mass is 9.91. The number of nitrogens with one attached hydrogen (secondary N) is 1. The number of fused-ring (bicyclic) bond motifs is 6. The second-order valence-corrected chi connectivity index (χ2v) is 7.67. The lowest BCUT2D eigenvalue weighted by molar-refractivity contribution is 0.478. The van der Waals surface area contributed by atoms with E-state index in [1.165, 1.54) is 37.1 Å². The second-order valence-electron chi connectivity index (χ2n) is 7.67. The molecule has 2 aliphatic rings. The molecule has 6 heteroatoms. The number of hydrogen-bond acceptors (Lipinski definition) is 3. The minimum atomic E-state index is -0.232. The minimum Gasteiger partial charge on any atom is -0.265 e. The molecule has 2 atom stereocenters. The van der Waals surface area contributed by atoms with Crippen molar-refractivity contribution < 1.29 is 4.39 Å². The molecule has 3 aromatic heterocycles. The summed E-state index contributed by atoms with van der Waals surface area (Å²) >= 11 is 0. The molecular weight excluding hydrogens is 341 g/mol. The molecule has 1 fully saturated rings. The van der Waals surface area contributed by atoms with Crippen molar-refractivity contribution >= 4 is 11.0 Å². The van der Waals surface area contributed by atoms with Gasteiger partial charge in [-0.1, -0.05) is 0 Å². The number of halogens is 1. The first-order valence-electron chi connectivity index (χ1n) is 9.38. The van der Waals surface area contributed by atoms with Gasteiger partial charge in [-0.3, -0.25) is 9.78 Å². The summed E-state index contributed by atoms with van der Waals surface area (Å²) in [5, 5.41) is 13.2. The molecule has 6 rings (SSSR count). The summed E-state index contributed by atoms with van der Waals surface area (Å²) in [7, 11) is 0. The highest BCUT2D eigenvalue weighted by Crippen LogP contribution is 2.54.